The maximum Gasteiger partial charge on any atom is 0.292 e. The van der Waals surface area contributed by atoms with E-state index in [9.17, 15) is 9.59 Å². The molecule has 9 nitrogen and oxygen atoms in total. The van der Waals surface area contributed by atoms with Crippen molar-refractivity contribution in [2.24, 2.45) is 0 Å². The second-order valence-electron chi connectivity index (χ2n) is 9.91. The van der Waals surface area contributed by atoms with E-state index in [0.717, 1.165) is 48.1 Å². The molecule has 0 bridgehead atoms. The Hall–Kier alpha value is -3.59. The molecule has 4 rings (SSSR count). The van der Waals surface area contributed by atoms with Crippen LogP contribution in [0.1, 0.15) is 67.7 Å². The van der Waals surface area contributed by atoms with E-state index in [1.54, 1.807) is 12.4 Å². The number of piperidine rings is 1. The standard InChI is InChI=1S/C26H32N6O3/c1-16-13-17(19-10-12-27-15-21(19)30-23(33)20-7-5-6-11-28-20)8-9-18(16)14-29-24(34)22-31-25(35-32-22)26(2,3)4/h8-10,12-13,15,20,28H,5-7,11,14H2,1-4H3,(H,29,34)(H,30,33)/t20-/m1/s1. The van der Waals surface area contributed by atoms with Crippen molar-refractivity contribution in [1.29, 1.82) is 0 Å². The normalized spacial score (nSPS) is 16.1. The number of nitrogens with one attached hydrogen (secondary N) is 3. The van der Waals surface area contributed by atoms with Gasteiger partial charge in [-0.2, -0.15) is 4.98 Å². The van der Waals surface area contributed by atoms with Crippen LogP contribution in [-0.4, -0.2) is 39.5 Å². The lowest BCUT2D eigenvalue weighted by Gasteiger charge is -2.23. The SMILES string of the molecule is Cc1cc(-c2ccncc2NC(=O)[C@H]2CCCCN2)ccc1CNC(=O)c1noc(C(C)(C)C)n1. The van der Waals surface area contributed by atoms with Crippen LogP contribution in [0, 0.1) is 6.92 Å². The molecule has 1 fully saturated rings. The molecule has 1 saturated heterocycles. The molecule has 0 spiro atoms. The van der Waals surface area contributed by atoms with Gasteiger partial charge < -0.3 is 20.5 Å². The van der Waals surface area contributed by atoms with E-state index in [1.807, 2.05) is 52.0 Å². The van der Waals surface area contributed by atoms with Gasteiger partial charge in [0, 0.05) is 23.7 Å². The summed E-state index contributed by atoms with van der Waals surface area (Å²) in [7, 11) is 0. The molecule has 0 unspecified atom stereocenters. The Labute approximate surface area is 205 Å². The van der Waals surface area contributed by atoms with Gasteiger partial charge in [0.15, 0.2) is 0 Å². The molecule has 35 heavy (non-hydrogen) atoms. The van der Waals surface area contributed by atoms with Crippen LogP contribution in [0.2, 0.25) is 0 Å². The lowest BCUT2D eigenvalue weighted by molar-refractivity contribution is -0.118. The fourth-order valence-corrected chi connectivity index (χ4v) is 3.98. The van der Waals surface area contributed by atoms with Crippen molar-refractivity contribution in [3.8, 4) is 11.1 Å². The molecule has 0 saturated carbocycles. The maximum absolute atomic E-state index is 12.7. The fraction of sp³-hybridized carbons (Fsp3) is 0.423. The van der Waals surface area contributed by atoms with Gasteiger partial charge in [0.25, 0.3) is 11.7 Å². The van der Waals surface area contributed by atoms with Crippen LogP contribution >= 0.6 is 0 Å². The van der Waals surface area contributed by atoms with Gasteiger partial charge >= 0.3 is 0 Å². The molecule has 0 aliphatic carbocycles. The Bertz CT molecular complexity index is 1210. The minimum atomic E-state index is -0.386. The van der Waals surface area contributed by atoms with Gasteiger partial charge in [-0.05, 0) is 49.1 Å². The van der Waals surface area contributed by atoms with Crippen LogP contribution in [0.25, 0.3) is 11.1 Å². The number of carbonyl (C=O) groups excluding carboxylic acids is 2. The van der Waals surface area contributed by atoms with E-state index in [2.05, 4.69) is 31.1 Å². The zero-order valence-electron chi connectivity index (χ0n) is 20.6. The molecule has 9 heteroatoms. The molecule has 2 amide bonds. The summed E-state index contributed by atoms with van der Waals surface area (Å²) < 4.78 is 5.21. The van der Waals surface area contributed by atoms with Crippen molar-refractivity contribution in [3.05, 3.63) is 59.5 Å². The molecule has 1 aromatic carbocycles. The van der Waals surface area contributed by atoms with Crippen molar-refractivity contribution in [1.82, 2.24) is 25.8 Å². The van der Waals surface area contributed by atoms with E-state index in [1.165, 1.54) is 0 Å². The highest BCUT2D eigenvalue weighted by Gasteiger charge is 2.24. The van der Waals surface area contributed by atoms with Crippen LogP contribution in [0.15, 0.2) is 41.2 Å². The number of rotatable bonds is 6. The Morgan fingerprint density at radius 3 is 2.71 bits per heavy atom. The minimum Gasteiger partial charge on any atom is -0.345 e. The van der Waals surface area contributed by atoms with Gasteiger partial charge in [0.05, 0.1) is 17.9 Å². The van der Waals surface area contributed by atoms with E-state index < -0.39 is 0 Å². The van der Waals surface area contributed by atoms with Crippen LogP contribution < -0.4 is 16.0 Å². The Kier molecular flexibility index (Phi) is 7.25. The second-order valence-corrected chi connectivity index (χ2v) is 9.91. The number of anilines is 1. The molecule has 3 N–H and O–H groups in total. The molecule has 1 aliphatic rings. The van der Waals surface area contributed by atoms with E-state index in [4.69, 9.17) is 4.52 Å². The predicted molar refractivity (Wildman–Crippen MR) is 133 cm³/mol. The van der Waals surface area contributed by atoms with E-state index in [0.29, 0.717) is 18.1 Å². The predicted octanol–water partition coefficient (Wildman–Crippen LogP) is 3.75. The third-order valence-corrected chi connectivity index (χ3v) is 6.07. The number of amides is 2. The van der Waals surface area contributed by atoms with Crippen molar-refractivity contribution >= 4 is 17.5 Å². The summed E-state index contributed by atoms with van der Waals surface area (Å²) in [6.45, 7) is 9.01. The minimum absolute atomic E-state index is 0.0221. The van der Waals surface area contributed by atoms with Crippen molar-refractivity contribution in [2.75, 3.05) is 11.9 Å². The van der Waals surface area contributed by atoms with E-state index >= 15 is 0 Å². The van der Waals surface area contributed by atoms with Crippen LogP contribution in [0.3, 0.4) is 0 Å². The van der Waals surface area contributed by atoms with Gasteiger partial charge in [-0.1, -0.05) is 50.5 Å². The van der Waals surface area contributed by atoms with Crippen LogP contribution in [-0.2, 0) is 16.8 Å². The Morgan fingerprint density at radius 1 is 1.20 bits per heavy atom. The Balaban J connectivity index is 1.44. The Morgan fingerprint density at radius 2 is 2.03 bits per heavy atom. The largest absolute Gasteiger partial charge is 0.345 e. The lowest BCUT2D eigenvalue weighted by Crippen LogP contribution is -2.43. The highest BCUT2D eigenvalue weighted by Crippen LogP contribution is 2.29. The average Bonchev–Trinajstić information content (AvgIpc) is 3.35. The molecule has 184 valence electrons. The number of aromatic nitrogens is 3. The molecule has 1 atom stereocenters. The smallest absolute Gasteiger partial charge is 0.292 e. The third kappa shape index (κ3) is 5.92. The van der Waals surface area contributed by atoms with Crippen molar-refractivity contribution in [3.63, 3.8) is 0 Å². The number of pyridine rings is 1. The highest BCUT2D eigenvalue weighted by atomic mass is 16.5. The quantitative estimate of drug-likeness (QED) is 0.495. The topological polar surface area (TPSA) is 122 Å². The highest BCUT2D eigenvalue weighted by molar-refractivity contribution is 5.98. The summed E-state index contributed by atoms with van der Waals surface area (Å²) in [6.07, 6.45) is 6.37. The average molecular weight is 477 g/mol. The zero-order chi connectivity index (χ0) is 25.0. The number of hydrogen-bond acceptors (Lipinski definition) is 7. The number of hydrogen-bond donors (Lipinski definition) is 3. The van der Waals surface area contributed by atoms with Crippen LogP contribution in [0.4, 0.5) is 5.69 Å². The molecular weight excluding hydrogens is 444 g/mol. The van der Waals surface area contributed by atoms with Crippen LogP contribution in [0.5, 0.6) is 0 Å². The first-order valence-electron chi connectivity index (χ1n) is 11.9. The van der Waals surface area contributed by atoms with Crippen molar-refractivity contribution in [2.45, 2.75) is 65.0 Å². The molecule has 3 heterocycles. The van der Waals surface area contributed by atoms with E-state index in [-0.39, 0.29) is 29.1 Å². The first-order chi connectivity index (χ1) is 16.7. The maximum atomic E-state index is 12.7. The number of benzene rings is 1. The molecular formula is C26H32N6O3. The lowest BCUT2D eigenvalue weighted by atomic mass is 9.97. The van der Waals surface area contributed by atoms with Gasteiger partial charge in [-0.15, -0.1) is 0 Å². The van der Waals surface area contributed by atoms with Gasteiger partial charge in [-0.25, -0.2) is 0 Å². The number of aryl methyl sites for hydroxylation is 1. The fourth-order valence-electron chi connectivity index (χ4n) is 3.98. The summed E-state index contributed by atoms with van der Waals surface area (Å²) in [5.74, 6) is 0.0192. The molecule has 2 aromatic heterocycles. The van der Waals surface area contributed by atoms with Gasteiger partial charge in [-0.3, -0.25) is 14.6 Å². The summed E-state index contributed by atoms with van der Waals surface area (Å²) in [6, 6.07) is 7.70. The summed E-state index contributed by atoms with van der Waals surface area (Å²) in [5, 5.41) is 13.0. The molecule has 1 aliphatic heterocycles. The first-order valence-corrected chi connectivity index (χ1v) is 11.9. The summed E-state index contributed by atoms with van der Waals surface area (Å²) >= 11 is 0. The van der Waals surface area contributed by atoms with Gasteiger partial charge in [0.1, 0.15) is 0 Å². The number of nitrogens with zero attached hydrogens (tertiary/aromatic N) is 3. The number of carbonyl (C=O) groups is 2. The summed E-state index contributed by atoms with van der Waals surface area (Å²) in [4.78, 5) is 33.6. The molecule has 3 aromatic rings. The summed E-state index contributed by atoms with van der Waals surface area (Å²) in [5.41, 5.74) is 4.18. The van der Waals surface area contributed by atoms with Crippen molar-refractivity contribution < 1.29 is 14.1 Å². The second kappa shape index (κ2) is 10.4. The first kappa shape index (κ1) is 24.5. The third-order valence-electron chi connectivity index (χ3n) is 6.07. The molecule has 0 radical (unpaired) electrons. The zero-order valence-corrected chi connectivity index (χ0v) is 20.6. The van der Waals surface area contributed by atoms with Gasteiger partial charge in [0.2, 0.25) is 11.8 Å². The monoisotopic (exact) mass is 476 g/mol.